The van der Waals surface area contributed by atoms with E-state index < -0.39 is 12.8 Å². The molecular weight excluding hydrogens is 245 g/mol. The first-order chi connectivity index (χ1) is 8.37. The van der Waals surface area contributed by atoms with Gasteiger partial charge in [-0.15, -0.1) is 0 Å². The fourth-order valence-corrected chi connectivity index (χ4v) is 1.30. The zero-order chi connectivity index (χ0) is 13.6. The number of hydrogen-bond donors (Lipinski definition) is 1. The lowest BCUT2D eigenvalue weighted by Gasteiger charge is -2.10. The van der Waals surface area contributed by atoms with E-state index in [4.69, 9.17) is 0 Å². The van der Waals surface area contributed by atoms with Crippen molar-refractivity contribution >= 4 is 0 Å². The van der Waals surface area contributed by atoms with Crippen LogP contribution in [0.1, 0.15) is 19.4 Å². The first-order valence-electron chi connectivity index (χ1n) is 5.72. The first kappa shape index (κ1) is 14.8. The highest BCUT2D eigenvalue weighted by Gasteiger charge is 2.28. The largest absolute Gasteiger partial charge is 0.468 e. The molecule has 0 aromatic carbocycles. The van der Waals surface area contributed by atoms with Crippen LogP contribution in [0.15, 0.2) is 18.3 Å². The molecule has 0 unspecified atom stereocenters. The van der Waals surface area contributed by atoms with Gasteiger partial charge in [-0.1, -0.05) is 13.8 Å². The van der Waals surface area contributed by atoms with Gasteiger partial charge < -0.3 is 10.1 Å². The molecule has 1 rings (SSSR count). The summed E-state index contributed by atoms with van der Waals surface area (Å²) in [5.74, 6) is 0.518. The fourth-order valence-electron chi connectivity index (χ4n) is 1.30. The van der Waals surface area contributed by atoms with Gasteiger partial charge in [-0.25, -0.2) is 4.98 Å². The molecule has 0 aliphatic carbocycles. The van der Waals surface area contributed by atoms with Crippen LogP contribution in [0.4, 0.5) is 13.2 Å². The van der Waals surface area contributed by atoms with Crippen LogP contribution in [0.5, 0.6) is 5.88 Å². The molecule has 0 bridgehead atoms. The van der Waals surface area contributed by atoms with Gasteiger partial charge in [0, 0.05) is 18.8 Å². The molecule has 0 spiro atoms. The van der Waals surface area contributed by atoms with Crippen LogP contribution in [0.2, 0.25) is 0 Å². The van der Waals surface area contributed by atoms with Crippen molar-refractivity contribution in [1.82, 2.24) is 10.3 Å². The molecule has 0 amide bonds. The molecule has 0 radical (unpaired) electrons. The lowest BCUT2D eigenvalue weighted by Crippen LogP contribution is -2.20. The Morgan fingerprint density at radius 1 is 1.39 bits per heavy atom. The molecule has 18 heavy (non-hydrogen) atoms. The van der Waals surface area contributed by atoms with E-state index in [1.165, 1.54) is 12.3 Å². The van der Waals surface area contributed by atoms with Crippen molar-refractivity contribution in [3.05, 3.63) is 23.9 Å². The summed E-state index contributed by atoms with van der Waals surface area (Å²) >= 11 is 0. The van der Waals surface area contributed by atoms with Gasteiger partial charge >= 0.3 is 6.18 Å². The van der Waals surface area contributed by atoms with Crippen molar-refractivity contribution in [2.45, 2.75) is 26.6 Å². The molecule has 102 valence electrons. The number of halogens is 3. The van der Waals surface area contributed by atoms with E-state index in [1.54, 1.807) is 6.07 Å². The topological polar surface area (TPSA) is 34.2 Å². The van der Waals surface area contributed by atoms with Crippen LogP contribution in [0, 0.1) is 5.92 Å². The molecule has 1 aromatic rings. The normalized spacial score (nSPS) is 11.9. The Kier molecular flexibility index (Phi) is 5.40. The summed E-state index contributed by atoms with van der Waals surface area (Å²) in [5, 5.41) is 3.20. The summed E-state index contributed by atoms with van der Waals surface area (Å²) in [6.07, 6.45) is -2.90. The number of hydrogen-bond acceptors (Lipinski definition) is 3. The van der Waals surface area contributed by atoms with Crippen molar-refractivity contribution in [1.29, 1.82) is 0 Å². The lowest BCUT2D eigenvalue weighted by atomic mass is 10.2. The maximum Gasteiger partial charge on any atom is 0.422 e. The summed E-state index contributed by atoms with van der Waals surface area (Å²) in [4.78, 5) is 3.74. The standard InChI is InChI=1S/C12H17F3N2O/c1-9(2)6-16-7-10-3-4-17-11(5-10)18-8-12(13,14)15/h3-5,9,16H,6-8H2,1-2H3. The summed E-state index contributed by atoms with van der Waals surface area (Å²) in [6.45, 7) is 4.28. The Hall–Kier alpha value is -1.30. The molecule has 1 aromatic heterocycles. The fraction of sp³-hybridized carbons (Fsp3) is 0.583. The monoisotopic (exact) mass is 262 g/mol. The molecule has 0 aliphatic heterocycles. The van der Waals surface area contributed by atoms with Crippen LogP contribution in [-0.4, -0.2) is 24.3 Å². The zero-order valence-electron chi connectivity index (χ0n) is 10.4. The van der Waals surface area contributed by atoms with Gasteiger partial charge in [-0.3, -0.25) is 0 Å². The lowest BCUT2D eigenvalue weighted by molar-refractivity contribution is -0.154. The van der Waals surface area contributed by atoms with Crippen LogP contribution in [-0.2, 0) is 6.54 Å². The van der Waals surface area contributed by atoms with Crippen LogP contribution in [0.25, 0.3) is 0 Å². The van der Waals surface area contributed by atoms with E-state index in [2.05, 4.69) is 28.9 Å². The summed E-state index contributed by atoms with van der Waals surface area (Å²) in [7, 11) is 0. The van der Waals surface area contributed by atoms with Gasteiger partial charge in [0.15, 0.2) is 6.61 Å². The molecule has 1 heterocycles. The van der Waals surface area contributed by atoms with E-state index in [9.17, 15) is 13.2 Å². The Bertz CT molecular complexity index is 367. The predicted molar refractivity (Wildman–Crippen MR) is 62.3 cm³/mol. The minimum atomic E-state index is -4.34. The van der Waals surface area contributed by atoms with Gasteiger partial charge in [-0.2, -0.15) is 13.2 Å². The van der Waals surface area contributed by atoms with Crippen molar-refractivity contribution in [2.24, 2.45) is 5.92 Å². The molecule has 6 heteroatoms. The van der Waals surface area contributed by atoms with Crippen LogP contribution < -0.4 is 10.1 Å². The van der Waals surface area contributed by atoms with E-state index in [0.29, 0.717) is 12.5 Å². The average molecular weight is 262 g/mol. The van der Waals surface area contributed by atoms with E-state index in [0.717, 1.165) is 12.1 Å². The maximum absolute atomic E-state index is 12.0. The third-order valence-corrected chi connectivity index (χ3v) is 2.06. The summed E-state index contributed by atoms with van der Waals surface area (Å²) in [6, 6.07) is 3.26. The average Bonchev–Trinajstić information content (AvgIpc) is 2.26. The molecule has 0 saturated heterocycles. The first-order valence-corrected chi connectivity index (χ1v) is 5.72. The van der Waals surface area contributed by atoms with E-state index in [1.807, 2.05) is 0 Å². The number of nitrogens with one attached hydrogen (secondary N) is 1. The minimum absolute atomic E-state index is 0.00354. The van der Waals surface area contributed by atoms with E-state index >= 15 is 0 Å². The molecule has 0 aliphatic rings. The van der Waals surface area contributed by atoms with Gasteiger partial charge in [0.25, 0.3) is 0 Å². The SMILES string of the molecule is CC(C)CNCc1ccnc(OCC(F)(F)F)c1. The molecule has 0 fully saturated rings. The molecule has 3 nitrogen and oxygen atoms in total. The summed E-state index contributed by atoms with van der Waals surface area (Å²) in [5.41, 5.74) is 0.850. The zero-order valence-corrected chi connectivity index (χ0v) is 10.4. The highest BCUT2D eigenvalue weighted by Crippen LogP contribution is 2.17. The van der Waals surface area contributed by atoms with Gasteiger partial charge in [0.05, 0.1) is 0 Å². The molecule has 0 saturated carbocycles. The van der Waals surface area contributed by atoms with Crippen molar-refractivity contribution in [3.8, 4) is 5.88 Å². The summed E-state index contributed by atoms with van der Waals surface area (Å²) < 4.78 is 40.5. The number of pyridine rings is 1. The van der Waals surface area contributed by atoms with Crippen LogP contribution in [0.3, 0.4) is 0 Å². The smallest absolute Gasteiger partial charge is 0.422 e. The number of aromatic nitrogens is 1. The second kappa shape index (κ2) is 6.58. The Labute approximate surface area is 104 Å². The van der Waals surface area contributed by atoms with Crippen molar-refractivity contribution < 1.29 is 17.9 Å². The second-order valence-electron chi connectivity index (χ2n) is 4.43. The molecule has 0 atom stereocenters. The Morgan fingerprint density at radius 3 is 2.72 bits per heavy atom. The number of ether oxygens (including phenoxy) is 1. The maximum atomic E-state index is 12.0. The quantitative estimate of drug-likeness (QED) is 0.856. The molecule has 1 N–H and O–H groups in total. The highest BCUT2D eigenvalue weighted by molar-refractivity contribution is 5.20. The van der Waals surface area contributed by atoms with Gasteiger partial charge in [-0.05, 0) is 24.1 Å². The third-order valence-electron chi connectivity index (χ3n) is 2.06. The Balaban J connectivity index is 2.46. The van der Waals surface area contributed by atoms with E-state index in [-0.39, 0.29) is 5.88 Å². The molecular formula is C12H17F3N2O. The van der Waals surface area contributed by atoms with Crippen molar-refractivity contribution in [3.63, 3.8) is 0 Å². The highest BCUT2D eigenvalue weighted by atomic mass is 19.4. The number of rotatable bonds is 6. The van der Waals surface area contributed by atoms with Crippen LogP contribution >= 0.6 is 0 Å². The third kappa shape index (κ3) is 6.44. The number of nitrogens with zero attached hydrogens (tertiary/aromatic N) is 1. The van der Waals surface area contributed by atoms with Crippen molar-refractivity contribution in [2.75, 3.05) is 13.2 Å². The predicted octanol–water partition coefficient (Wildman–Crippen LogP) is 2.77. The second-order valence-corrected chi connectivity index (χ2v) is 4.43. The van der Waals surface area contributed by atoms with Gasteiger partial charge in [0.2, 0.25) is 5.88 Å². The van der Waals surface area contributed by atoms with Gasteiger partial charge in [0.1, 0.15) is 0 Å². The Morgan fingerprint density at radius 2 is 2.11 bits per heavy atom. The number of alkyl halides is 3. The minimum Gasteiger partial charge on any atom is -0.468 e.